The van der Waals surface area contributed by atoms with Crippen LogP contribution in [0, 0.1) is 0 Å². The van der Waals surface area contributed by atoms with Crippen LogP contribution in [0.3, 0.4) is 0 Å². The van der Waals surface area contributed by atoms with Crippen LogP contribution in [0.5, 0.6) is 0 Å². The average Bonchev–Trinajstić information content (AvgIpc) is 4.32. The molecule has 0 saturated heterocycles. The fourth-order valence-electron chi connectivity index (χ4n) is 11.0. The summed E-state index contributed by atoms with van der Waals surface area (Å²) in [6, 6.07) is 44.8. The van der Waals surface area contributed by atoms with Crippen LogP contribution < -0.4 is 0 Å². The highest BCUT2D eigenvalue weighted by Gasteiger charge is 2.24. The van der Waals surface area contributed by atoms with Crippen molar-refractivity contribution in [1.29, 1.82) is 0 Å². The first-order chi connectivity index (χ1) is 40.9. The van der Waals surface area contributed by atoms with Crippen LogP contribution >= 0.6 is 0 Å². The summed E-state index contributed by atoms with van der Waals surface area (Å²) in [5.41, 5.74) is 12.8. The fraction of sp³-hybridized carbons (Fsp3) is 0.169. The van der Waals surface area contributed by atoms with Gasteiger partial charge in [-0.25, -0.2) is 24.0 Å². The third kappa shape index (κ3) is 13.9. The molecular formula is C71H58O14. The molecular weight excluding hydrogens is 1080 g/mol. The number of hydrogen-bond acceptors (Lipinski definition) is 9. The normalized spacial score (nSPS) is 13.0. The number of carbonyl (C=O) groups is 9. The molecule has 0 amide bonds. The van der Waals surface area contributed by atoms with Crippen molar-refractivity contribution in [2.24, 2.45) is 0 Å². The van der Waals surface area contributed by atoms with Gasteiger partial charge in [0.1, 0.15) is 0 Å². The van der Waals surface area contributed by atoms with Crippen LogP contribution in [-0.4, -0.2) is 78.5 Å². The van der Waals surface area contributed by atoms with E-state index in [1.54, 1.807) is 66.7 Å². The molecule has 426 valence electrons. The van der Waals surface area contributed by atoms with Crippen LogP contribution in [0.2, 0.25) is 0 Å². The number of aromatic carboxylic acids is 5. The fourth-order valence-corrected chi connectivity index (χ4v) is 11.0. The lowest BCUT2D eigenvalue weighted by molar-refractivity contribution is 0.0678. The standard InChI is InChI=1S/C18H14O5.2C18H16O3.C17H12O3/c19-16(12-5-4-10-2-1-3-11(10)8-12)14-7-6-13(17(20)21)9-15(14)18(22)23;19-17(15-7-3-4-8-16(15)18(20)21)14-10-9-12-5-1-2-6-13(12)11-14;19-17(13-6-8-14(9-7-13)18(20)21)16-10-5-12-3-1-2-4-15(12)11-16;18-16(14-6-1-2-7-15(14)17(19)20)13-9-8-11-4-3-5-12(11)10-13/h4-9H,1-3H2,(H,20,21)(H,22,23);3-4,7-11H,1-2,5-6H2,(H,20,21);5-11H,1-4H2,(H,20,21);1-4,6-10H,5H2,(H,19,20). The zero-order valence-corrected chi connectivity index (χ0v) is 46.1. The largest absolute Gasteiger partial charge is 0.478 e. The molecule has 0 heterocycles. The van der Waals surface area contributed by atoms with Gasteiger partial charge in [0.05, 0.1) is 27.8 Å². The molecule has 4 aliphatic rings. The highest BCUT2D eigenvalue weighted by atomic mass is 16.4. The van der Waals surface area contributed by atoms with E-state index in [4.69, 9.17) is 15.3 Å². The van der Waals surface area contributed by atoms with Gasteiger partial charge in [-0.1, -0.05) is 109 Å². The number of carboxylic acids is 5. The molecule has 0 spiro atoms. The Balaban J connectivity index is 0.000000136. The Hall–Kier alpha value is -10.5. The van der Waals surface area contributed by atoms with Crippen LogP contribution in [0.15, 0.2) is 170 Å². The Morgan fingerprint density at radius 1 is 0.259 bits per heavy atom. The van der Waals surface area contributed by atoms with E-state index in [9.17, 15) is 53.4 Å². The smallest absolute Gasteiger partial charge is 0.336 e. The number of rotatable bonds is 13. The number of fused-ring (bicyclic) bond motifs is 4. The minimum Gasteiger partial charge on any atom is -0.478 e. The molecule has 14 heteroatoms. The quantitative estimate of drug-likeness (QED) is 0.0673. The first kappa shape index (κ1) is 59.2. The van der Waals surface area contributed by atoms with Crippen molar-refractivity contribution >= 4 is 59.1 Å². The number of allylic oxidation sites excluding steroid dienone is 1. The van der Waals surface area contributed by atoms with Crippen molar-refractivity contribution in [2.45, 2.75) is 77.0 Å². The van der Waals surface area contributed by atoms with Gasteiger partial charge in [-0.2, -0.15) is 0 Å². The van der Waals surface area contributed by atoms with Gasteiger partial charge in [-0.15, -0.1) is 0 Å². The molecule has 12 rings (SSSR count). The van der Waals surface area contributed by atoms with Gasteiger partial charge in [-0.05, 0) is 188 Å². The van der Waals surface area contributed by atoms with Gasteiger partial charge in [0.15, 0.2) is 23.1 Å². The zero-order valence-electron chi connectivity index (χ0n) is 46.1. The highest BCUT2D eigenvalue weighted by Crippen LogP contribution is 2.29. The lowest BCUT2D eigenvalue weighted by atomic mass is 9.88. The van der Waals surface area contributed by atoms with E-state index in [1.807, 2.05) is 66.7 Å². The van der Waals surface area contributed by atoms with Crippen molar-refractivity contribution in [3.8, 4) is 0 Å². The number of aryl methyl sites for hydroxylation is 6. The first-order valence-corrected chi connectivity index (χ1v) is 27.9. The number of carboxylic acid groups (broad SMARTS) is 5. The molecule has 8 aromatic carbocycles. The summed E-state index contributed by atoms with van der Waals surface area (Å²) in [6.45, 7) is 0. The Bertz CT molecular complexity index is 4030. The van der Waals surface area contributed by atoms with Crippen molar-refractivity contribution in [3.63, 3.8) is 0 Å². The lowest BCUT2D eigenvalue weighted by Crippen LogP contribution is -2.12. The van der Waals surface area contributed by atoms with Crippen LogP contribution in [-0.2, 0) is 44.9 Å². The number of ketones is 4. The first-order valence-electron chi connectivity index (χ1n) is 27.9. The third-order valence-electron chi connectivity index (χ3n) is 15.6. The van der Waals surface area contributed by atoms with Crippen LogP contribution in [0.4, 0.5) is 0 Å². The molecule has 14 nitrogen and oxygen atoms in total. The third-order valence-corrected chi connectivity index (χ3v) is 15.6. The molecule has 85 heavy (non-hydrogen) atoms. The van der Waals surface area contributed by atoms with Crippen LogP contribution in [0.1, 0.15) is 192 Å². The summed E-state index contributed by atoms with van der Waals surface area (Å²) >= 11 is 0. The van der Waals surface area contributed by atoms with Gasteiger partial charge in [0, 0.05) is 44.5 Å². The van der Waals surface area contributed by atoms with E-state index in [0.717, 1.165) is 80.5 Å². The highest BCUT2D eigenvalue weighted by molar-refractivity contribution is 6.16. The minimum atomic E-state index is -1.32. The van der Waals surface area contributed by atoms with Crippen LogP contribution in [0.25, 0.3) is 6.08 Å². The van der Waals surface area contributed by atoms with E-state index in [2.05, 4.69) is 0 Å². The molecule has 0 unspecified atom stereocenters. The predicted octanol–water partition coefficient (Wildman–Crippen LogP) is 13.0. The van der Waals surface area contributed by atoms with E-state index in [-0.39, 0.29) is 61.9 Å². The van der Waals surface area contributed by atoms with E-state index in [1.165, 1.54) is 83.5 Å². The molecule has 8 aromatic rings. The van der Waals surface area contributed by atoms with Crippen molar-refractivity contribution < 1.29 is 68.7 Å². The summed E-state index contributed by atoms with van der Waals surface area (Å²) in [5.74, 6) is -6.63. The van der Waals surface area contributed by atoms with E-state index >= 15 is 0 Å². The molecule has 0 atom stereocenters. The van der Waals surface area contributed by atoms with Gasteiger partial charge in [-0.3, -0.25) is 19.2 Å². The Morgan fingerprint density at radius 3 is 1.05 bits per heavy atom. The lowest BCUT2D eigenvalue weighted by Gasteiger charge is -2.16. The predicted molar refractivity (Wildman–Crippen MR) is 318 cm³/mol. The minimum absolute atomic E-state index is 0.000414. The van der Waals surface area contributed by atoms with Crippen molar-refractivity contribution in [1.82, 2.24) is 0 Å². The Kier molecular flexibility index (Phi) is 18.5. The summed E-state index contributed by atoms with van der Waals surface area (Å²) in [4.78, 5) is 106. The second-order valence-electron chi connectivity index (χ2n) is 21.0. The van der Waals surface area contributed by atoms with Gasteiger partial charge in [0.25, 0.3) is 0 Å². The van der Waals surface area contributed by atoms with E-state index in [0.29, 0.717) is 27.8 Å². The number of benzene rings is 8. The Morgan fingerprint density at radius 2 is 0.600 bits per heavy atom. The molecule has 0 bridgehead atoms. The van der Waals surface area contributed by atoms with Gasteiger partial charge in [0.2, 0.25) is 0 Å². The maximum Gasteiger partial charge on any atom is 0.336 e. The van der Waals surface area contributed by atoms with Crippen molar-refractivity contribution in [3.05, 3.63) is 287 Å². The summed E-state index contributed by atoms with van der Waals surface area (Å²) in [5, 5.41) is 45.5. The molecule has 0 radical (unpaired) electrons. The Labute approximate surface area is 489 Å². The maximum absolute atomic E-state index is 12.6. The second kappa shape index (κ2) is 26.6. The molecule has 0 aliphatic heterocycles. The molecule has 0 saturated carbocycles. The maximum atomic E-state index is 12.6. The zero-order chi connectivity index (χ0) is 60.3. The monoisotopic (exact) mass is 1130 g/mol. The number of hydrogen-bond donors (Lipinski definition) is 5. The van der Waals surface area contributed by atoms with Gasteiger partial charge >= 0.3 is 29.8 Å². The summed E-state index contributed by atoms with van der Waals surface area (Å²) in [7, 11) is 0. The summed E-state index contributed by atoms with van der Waals surface area (Å²) < 4.78 is 0. The summed E-state index contributed by atoms with van der Waals surface area (Å²) in [6.07, 6.45) is 16.8. The molecule has 0 fully saturated rings. The van der Waals surface area contributed by atoms with Gasteiger partial charge < -0.3 is 25.5 Å². The van der Waals surface area contributed by atoms with E-state index < -0.39 is 35.6 Å². The second-order valence-corrected chi connectivity index (χ2v) is 21.0. The van der Waals surface area contributed by atoms with Crippen molar-refractivity contribution in [2.75, 3.05) is 0 Å². The molecule has 0 aromatic heterocycles. The molecule has 5 N–H and O–H groups in total. The average molecular weight is 1140 g/mol. The number of carbonyl (C=O) groups excluding carboxylic acids is 4. The SMILES string of the molecule is O=C(O)c1ccc(C(=O)c2ccc3c(c2)CCC3)c(C(=O)O)c1.O=C(O)c1ccc(C(=O)c2ccc3c(c2)CCCC3)cc1.O=C(O)c1ccccc1C(=O)c1ccc2c(c1)CC=C2.O=C(O)c1ccccc1C(=O)c1ccc2c(c1)CCCC2. The molecule has 4 aliphatic carbocycles. The topological polar surface area (TPSA) is 255 Å².